The van der Waals surface area contributed by atoms with Gasteiger partial charge in [0.15, 0.2) is 11.5 Å². The van der Waals surface area contributed by atoms with Gasteiger partial charge in [-0.2, -0.15) is 0 Å². The Hall–Kier alpha value is -2.96. The number of nitrogens with zero attached hydrogens (tertiary/aromatic N) is 3. The predicted octanol–water partition coefficient (Wildman–Crippen LogP) is 3.67. The second-order valence-electron chi connectivity index (χ2n) is 6.75. The van der Waals surface area contributed by atoms with Crippen LogP contribution in [0.1, 0.15) is 60.4 Å². The van der Waals surface area contributed by atoms with Crippen LogP contribution in [0.2, 0.25) is 0 Å². The Kier molecular flexibility index (Phi) is 6.57. The molecule has 7 heteroatoms. The molecule has 1 unspecified atom stereocenters. The number of benzene rings is 1. The van der Waals surface area contributed by atoms with E-state index in [2.05, 4.69) is 27.3 Å². The molecule has 0 radical (unpaired) electrons. The number of anilines is 2. The minimum absolute atomic E-state index is 0.201. The third-order valence-corrected chi connectivity index (χ3v) is 4.95. The number of hydrogen-bond acceptors (Lipinski definition) is 6. The highest BCUT2D eigenvalue weighted by Gasteiger charge is 2.23. The van der Waals surface area contributed by atoms with Crippen molar-refractivity contribution in [3.8, 4) is 0 Å². The van der Waals surface area contributed by atoms with Gasteiger partial charge < -0.3 is 15.0 Å². The second-order valence-corrected chi connectivity index (χ2v) is 6.75. The summed E-state index contributed by atoms with van der Waals surface area (Å²) in [5, 5.41) is 11.1. The van der Waals surface area contributed by atoms with Gasteiger partial charge in [0.05, 0.1) is 17.9 Å². The monoisotopic (exact) mass is 382 g/mol. The van der Waals surface area contributed by atoms with Crippen molar-refractivity contribution in [2.24, 2.45) is 0 Å². The van der Waals surface area contributed by atoms with E-state index in [1.807, 2.05) is 6.07 Å². The lowest BCUT2D eigenvalue weighted by Crippen LogP contribution is -2.39. The molecule has 1 aliphatic heterocycles. The summed E-state index contributed by atoms with van der Waals surface area (Å²) in [6.07, 6.45) is 4.60. The van der Waals surface area contributed by atoms with Crippen molar-refractivity contribution < 1.29 is 14.3 Å². The maximum atomic E-state index is 12.6. The molecule has 28 heavy (non-hydrogen) atoms. The van der Waals surface area contributed by atoms with E-state index >= 15 is 0 Å². The number of esters is 1. The van der Waals surface area contributed by atoms with Crippen molar-refractivity contribution in [2.45, 2.75) is 45.6 Å². The van der Waals surface area contributed by atoms with E-state index in [0.29, 0.717) is 17.3 Å². The number of nitrogens with one attached hydrogen (secondary N) is 1. The molecule has 0 saturated carbocycles. The van der Waals surface area contributed by atoms with Gasteiger partial charge in [-0.3, -0.25) is 4.79 Å². The van der Waals surface area contributed by atoms with Crippen molar-refractivity contribution >= 4 is 23.4 Å². The summed E-state index contributed by atoms with van der Waals surface area (Å²) in [6.45, 7) is 5.15. The number of para-hydroxylation sites is 1. The Morgan fingerprint density at radius 3 is 2.68 bits per heavy atom. The van der Waals surface area contributed by atoms with E-state index in [9.17, 15) is 9.59 Å². The van der Waals surface area contributed by atoms with Crippen molar-refractivity contribution in [1.82, 2.24) is 10.2 Å². The molecule has 0 bridgehead atoms. The summed E-state index contributed by atoms with van der Waals surface area (Å²) in [6, 6.07) is 10.7. The number of rotatable bonds is 6. The topological polar surface area (TPSA) is 84.4 Å². The first-order valence-electron chi connectivity index (χ1n) is 9.82. The molecule has 2 aromatic rings. The van der Waals surface area contributed by atoms with Gasteiger partial charge in [-0.1, -0.05) is 19.1 Å². The van der Waals surface area contributed by atoms with Crippen LogP contribution in [0, 0.1) is 0 Å². The zero-order chi connectivity index (χ0) is 19.9. The lowest BCUT2D eigenvalue weighted by molar-refractivity contribution is 0.0527. The SMILES string of the molecule is CCOC(=O)c1ccccc1NC(=O)c1ccc(N2CCCCC2CC)nn1. The molecule has 1 aliphatic rings. The van der Waals surface area contributed by atoms with Crippen molar-refractivity contribution in [3.63, 3.8) is 0 Å². The fourth-order valence-electron chi connectivity index (χ4n) is 3.49. The minimum Gasteiger partial charge on any atom is -0.462 e. The Morgan fingerprint density at radius 1 is 1.14 bits per heavy atom. The van der Waals surface area contributed by atoms with Crippen molar-refractivity contribution in [3.05, 3.63) is 47.7 Å². The van der Waals surface area contributed by atoms with Crippen LogP contribution in [0.5, 0.6) is 0 Å². The van der Waals surface area contributed by atoms with Gasteiger partial charge in [0.25, 0.3) is 5.91 Å². The highest BCUT2D eigenvalue weighted by atomic mass is 16.5. The van der Waals surface area contributed by atoms with Crippen LogP contribution in [0.15, 0.2) is 36.4 Å². The van der Waals surface area contributed by atoms with Gasteiger partial charge in [-0.05, 0) is 56.9 Å². The standard InChI is InChI=1S/C21H26N4O3/c1-3-15-9-7-8-14-25(15)19-13-12-18(23-24-19)20(26)22-17-11-6-5-10-16(17)21(27)28-4-2/h5-6,10-13,15H,3-4,7-9,14H2,1-2H3,(H,22,26). The van der Waals surface area contributed by atoms with E-state index in [1.165, 1.54) is 6.42 Å². The summed E-state index contributed by atoms with van der Waals surface area (Å²) < 4.78 is 5.04. The average Bonchev–Trinajstić information content (AvgIpc) is 2.74. The molecule has 1 saturated heterocycles. The quantitative estimate of drug-likeness (QED) is 0.767. The van der Waals surface area contributed by atoms with E-state index in [0.717, 1.165) is 31.6 Å². The summed E-state index contributed by atoms with van der Waals surface area (Å²) in [7, 11) is 0. The maximum Gasteiger partial charge on any atom is 0.340 e. The molecule has 1 atom stereocenters. The molecule has 3 rings (SSSR count). The average molecular weight is 382 g/mol. The van der Waals surface area contributed by atoms with Crippen LogP contribution < -0.4 is 10.2 Å². The van der Waals surface area contributed by atoms with Crippen LogP contribution in [0.25, 0.3) is 0 Å². The van der Waals surface area contributed by atoms with Crippen LogP contribution in [0.3, 0.4) is 0 Å². The molecular formula is C21H26N4O3. The number of hydrogen-bond donors (Lipinski definition) is 1. The Morgan fingerprint density at radius 2 is 1.96 bits per heavy atom. The number of carbonyl (C=O) groups excluding carboxylic acids is 2. The van der Waals surface area contributed by atoms with Crippen molar-refractivity contribution in [1.29, 1.82) is 0 Å². The molecule has 2 heterocycles. The Bertz CT molecular complexity index is 823. The molecule has 0 aliphatic carbocycles. The number of aromatic nitrogens is 2. The molecular weight excluding hydrogens is 356 g/mol. The number of carbonyl (C=O) groups is 2. The summed E-state index contributed by atoms with van der Waals surface area (Å²) in [5.41, 5.74) is 0.896. The smallest absolute Gasteiger partial charge is 0.340 e. The van der Waals surface area contributed by atoms with Gasteiger partial charge in [0.2, 0.25) is 0 Å². The second kappa shape index (κ2) is 9.30. The Labute approximate surface area is 165 Å². The van der Waals surface area contributed by atoms with E-state index in [4.69, 9.17) is 4.74 Å². The first kappa shape index (κ1) is 19.8. The molecule has 1 aromatic heterocycles. The van der Waals surface area contributed by atoms with Gasteiger partial charge >= 0.3 is 5.97 Å². The van der Waals surface area contributed by atoms with Gasteiger partial charge in [0.1, 0.15) is 0 Å². The largest absolute Gasteiger partial charge is 0.462 e. The van der Waals surface area contributed by atoms with Crippen molar-refractivity contribution in [2.75, 3.05) is 23.4 Å². The number of amides is 1. The lowest BCUT2D eigenvalue weighted by Gasteiger charge is -2.35. The molecule has 1 amide bonds. The van der Waals surface area contributed by atoms with E-state index in [1.54, 1.807) is 37.3 Å². The lowest BCUT2D eigenvalue weighted by atomic mass is 10.0. The maximum absolute atomic E-state index is 12.6. The van der Waals surface area contributed by atoms with Gasteiger partial charge in [0, 0.05) is 12.6 Å². The minimum atomic E-state index is -0.476. The summed E-state index contributed by atoms with van der Waals surface area (Å²) in [4.78, 5) is 26.9. The van der Waals surface area contributed by atoms with Crippen LogP contribution >= 0.6 is 0 Å². The number of ether oxygens (including phenoxy) is 1. The zero-order valence-electron chi connectivity index (χ0n) is 16.4. The summed E-state index contributed by atoms with van der Waals surface area (Å²) >= 11 is 0. The highest BCUT2D eigenvalue weighted by molar-refractivity contribution is 6.07. The normalized spacial score (nSPS) is 16.5. The van der Waals surface area contributed by atoms with Gasteiger partial charge in [-0.15, -0.1) is 10.2 Å². The van der Waals surface area contributed by atoms with E-state index in [-0.39, 0.29) is 12.3 Å². The Balaban J connectivity index is 1.73. The number of piperidine rings is 1. The first-order valence-corrected chi connectivity index (χ1v) is 9.82. The molecule has 7 nitrogen and oxygen atoms in total. The molecule has 1 N–H and O–H groups in total. The van der Waals surface area contributed by atoms with Crippen LogP contribution in [-0.2, 0) is 4.74 Å². The molecule has 1 fully saturated rings. The summed E-state index contributed by atoms with van der Waals surface area (Å²) in [5.74, 6) is -0.0907. The highest BCUT2D eigenvalue weighted by Crippen LogP contribution is 2.24. The van der Waals surface area contributed by atoms with Gasteiger partial charge in [-0.25, -0.2) is 4.79 Å². The predicted molar refractivity (Wildman–Crippen MR) is 108 cm³/mol. The molecule has 1 aromatic carbocycles. The van der Waals surface area contributed by atoms with Crippen LogP contribution in [0.4, 0.5) is 11.5 Å². The van der Waals surface area contributed by atoms with E-state index < -0.39 is 11.9 Å². The fourth-order valence-corrected chi connectivity index (χ4v) is 3.49. The molecule has 148 valence electrons. The third-order valence-electron chi connectivity index (χ3n) is 4.95. The van der Waals surface area contributed by atoms with Crippen LogP contribution in [-0.4, -0.2) is 41.3 Å². The zero-order valence-corrected chi connectivity index (χ0v) is 16.4. The molecule has 0 spiro atoms. The fraction of sp³-hybridized carbons (Fsp3) is 0.429. The first-order chi connectivity index (χ1) is 13.6. The third kappa shape index (κ3) is 4.47.